The standard InChI is InChI=1S/C9H7N2O/c10-6-8-3-1-2-7(4-8)5-9(11)12/h1-4,11H,5H2. The van der Waals surface area contributed by atoms with Gasteiger partial charge >= 0.3 is 0 Å². The van der Waals surface area contributed by atoms with Crippen LogP contribution in [0.15, 0.2) is 24.3 Å². The smallest absolute Gasteiger partial charge is 0.242 e. The van der Waals surface area contributed by atoms with Gasteiger partial charge in [-0.1, -0.05) is 12.1 Å². The Labute approximate surface area is 70.4 Å². The van der Waals surface area contributed by atoms with Crippen LogP contribution >= 0.6 is 0 Å². The minimum absolute atomic E-state index is 0.0789. The number of carbonyl (C=O) groups is 1. The van der Waals surface area contributed by atoms with Crippen LogP contribution in [0, 0.1) is 11.3 Å². The lowest BCUT2D eigenvalue weighted by Gasteiger charge is -1.95. The highest BCUT2D eigenvalue weighted by Crippen LogP contribution is 2.04. The second-order valence-electron chi connectivity index (χ2n) is 2.41. The summed E-state index contributed by atoms with van der Waals surface area (Å²) in [4.78, 5) is 10.4. The van der Waals surface area contributed by atoms with Crippen LogP contribution in [-0.4, -0.2) is 5.91 Å². The molecular weight excluding hydrogens is 152 g/mol. The predicted molar refractivity (Wildman–Crippen MR) is 43.0 cm³/mol. The molecule has 59 valence electrons. The van der Waals surface area contributed by atoms with Gasteiger partial charge in [-0.2, -0.15) is 5.26 Å². The lowest BCUT2D eigenvalue weighted by molar-refractivity contribution is -0.118. The number of rotatable bonds is 2. The molecule has 1 N–H and O–H groups in total. The minimum Gasteiger partial charge on any atom is -0.273 e. The van der Waals surface area contributed by atoms with E-state index in [4.69, 9.17) is 11.0 Å². The summed E-state index contributed by atoms with van der Waals surface area (Å²) in [6.45, 7) is 0. The van der Waals surface area contributed by atoms with Crippen molar-refractivity contribution in [2.45, 2.75) is 6.42 Å². The van der Waals surface area contributed by atoms with Gasteiger partial charge in [0.1, 0.15) is 0 Å². The Balaban J connectivity index is 2.88. The zero-order chi connectivity index (χ0) is 8.97. The highest BCUT2D eigenvalue weighted by atomic mass is 16.1. The second-order valence-corrected chi connectivity index (χ2v) is 2.41. The van der Waals surface area contributed by atoms with Crippen molar-refractivity contribution in [3.8, 4) is 6.07 Å². The molecule has 1 rings (SSSR count). The van der Waals surface area contributed by atoms with Crippen molar-refractivity contribution in [3.05, 3.63) is 35.4 Å². The summed E-state index contributed by atoms with van der Waals surface area (Å²) in [7, 11) is 0. The van der Waals surface area contributed by atoms with E-state index in [2.05, 4.69) is 0 Å². The molecule has 1 aromatic rings. The fourth-order valence-electron chi connectivity index (χ4n) is 0.936. The first-order valence-electron chi connectivity index (χ1n) is 3.46. The molecule has 0 bridgehead atoms. The fraction of sp³-hybridized carbons (Fsp3) is 0.111. The van der Waals surface area contributed by atoms with E-state index in [0.29, 0.717) is 11.1 Å². The van der Waals surface area contributed by atoms with Crippen LogP contribution in [0.5, 0.6) is 0 Å². The number of carbonyl (C=O) groups excluding carboxylic acids is 1. The average molecular weight is 159 g/mol. The van der Waals surface area contributed by atoms with Crippen molar-refractivity contribution in [3.63, 3.8) is 0 Å². The Morgan fingerprint density at radius 2 is 2.33 bits per heavy atom. The third kappa shape index (κ3) is 2.10. The highest BCUT2D eigenvalue weighted by molar-refractivity contribution is 5.75. The van der Waals surface area contributed by atoms with Gasteiger partial charge in [-0.25, -0.2) is 0 Å². The number of nitrogens with one attached hydrogen (secondary N) is 1. The minimum atomic E-state index is -0.634. The quantitative estimate of drug-likeness (QED) is 0.643. The van der Waals surface area contributed by atoms with Crippen LogP contribution in [0.4, 0.5) is 0 Å². The topological polar surface area (TPSA) is 64.7 Å². The van der Waals surface area contributed by atoms with Crippen molar-refractivity contribution < 1.29 is 4.79 Å². The number of hydrogen-bond donors (Lipinski definition) is 0. The zero-order valence-electron chi connectivity index (χ0n) is 6.37. The number of nitriles is 1. The van der Waals surface area contributed by atoms with Crippen LogP contribution in [0.2, 0.25) is 0 Å². The van der Waals surface area contributed by atoms with Gasteiger partial charge in [0.2, 0.25) is 5.91 Å². The van der Waals surface area contributed by atoms with Crippen LogP contribution < -0.4 is 5.73 Å². The van der Waals surface area contributed by atoms with E-state index in [1.54, 1.807) is 24.3 Å². The Morgan fingerprint density at radius 1 is 1.58 bits per heavy atom. The van der Waals surface area contributed by atoms with Crippen molar-refractivity contribution in [2.75, 3.05) is 0 Å². The number of amides is 1. The molecule has 0 heterocycles. The van der Waals surface area contributed by atoms with Gasteiger partial charge in [-0.3, -0.25) is 10.5 Å². The van der Waals surface area contributed by atoms with Gasteiger partial charge < -0.3 is 0 Å². The third-order valence-electron chi connectivity index (χ3n) is 1.42. The Morgan fingerprint density at radius 3 is 2.92 bits per heavy atom. The number of hydrogen-bond acceptors (Lipinski definition) is 2. The first-order chi connectivity index (χ1) is 5.72. The normalized spacial score (nSPS) is 8.92. The molecule has 3 nitrogen and oxygen atoms in total. The first-order valence-corrected chi connectivity index (χ1v) is 3.46. The third-order valence-corrected chi connectivity index (χ3v) is 1.42. The van der Waals surface area contributed by atoms with Crippen LogP contribution in [-0.2, 0) is 11.2 Å². The Bertz CT molecular complexity index is 339. The molecule has 0 aliphatic rings. The summed E-state index contributed by atoms with van der Waals surface area (Å²) in [5.74, 6) is -0.634. The molecule has 0 aromatic heterocycles. The van der Waals surface area contributed by atoms with E-state index in [-0.39, 0.29) is 6.42 Å². The van der Waals surface area contributed by atoms with E-state index < -0.39 is 5.91 Å². The van der Waals surface area contributed by atoms with Gasteiger partial charge in [0.05, 0.1) is 18.1 Å². The molecule has 0 aliphatic heterocycles. The summed E-state index contributed by atoms with van der Waals surface area (Å²) in [5, 5.41) is 8.51. The second kappa shape index (κ2) is 3.54. The molecule has 0 saturated heterocycles. The molecule has 12 heavy (non-hydrogen) atoms. The van der Waals surface area contributed by atoms with Crippen molar-refractivity contribution in [1.29, 1.82) is 5.26 Å². The number of benzene rings is 1. The zero-order valence-corrected chi connectivity index (χ0v) is 6.37. The maximum Gasteiger partial charge on any atom is 0.242 e. The molecule has 1 aromatic carbocycles. The largest absolute Gasteiger partial charge is 0.273 e. The van der Waals surface area contributed by atoms with Gasteiger partial charge in [0.15, 0.2) is 0 Å². The molecule has 0 saturated carbocycles. The Kier molecular flexibility index (Phi) is 2.44. The maximum absolute atomic E-state index is 10.4. The lowest BCUT2D eigenvalue weighted by atomic mass is 10.1. The summed E-state index contributed by atoms with van der Waals surface area (Å²) < 4.78 is 0. The molecule has 0 atom stereocenters. The van der Waals surface area contributed by atoms with E-state index >= 15 is 0 Å². The van der Waals surface area contributed by atoms with Crippen LogP contribution in [0.25, 0.3) is 0 Å². The first kappa shape index (κ1) is 8.28. The highest BCUT2D eigenvalue weighted by Gasteiger charge is 1.99. The van der Waals surface area contributed by atoms with Gasteiger partial charge in [0.25, 0.3) is 0 Å². The molecule has 3 heteroatoms. The molecule has 0 unspecified atom stereocenters. The Hall–Kier alpha value is -1.82. The summed E-state index contributed by atoms with van der Waals surface area (Å²) >= 11 is 0. The van der Waals surface area contributed by atoms with Crippen molar-refractivity contribution in [1.82, 2.24) is 5.73 Å². The molecule has 0 spiro atoms. The summed E-state index contributed by atoms with van der Waals surface area (Å²) in [6, 6.07) is 8.68. The van der Waals surface area contributed by atoms with E-state index in [1.165, 1.54) is 0 Å². The van der Waals surface area contributed by atoms with Crippen molar-refractivity contribution in [2.24, 2.45) is 0 Å². The van der Waals surface area contributed by atoms with Crippen LogP contribution in [0.1, 0.15) is 11.1 Å². The van der Waals surface area contributed by atoms with Gasteiger partial charge in [-0.05, 0) is 17.7 Å². The maximum atomic E-state index is 10.4. The molecular formula is C9H7N2O. The summed E-state index contributed by atoms with van der Waals surface area (Å²) in [5.41, 5.74) is 7.96. The molecule has 0 fully saturated rings. The fourth-order valence-corrected chi connectivity index (χ4v) is 0.936. The van der Waals surface area contributed by atoms with E-state index in [1.807, 2.05) is 6.07 Å². The summed E-state index contributed by atoms with van der Waals surface area (Å²) in [6.07, 6.45) is 0.0789. The van der Waals surface area contributed by atoms with Gasteiger partial charge in [-0.15, -0.1) is 0 Å². The molecule has 1 radical (unpaired) electrons. The van der Waals surface area contributed by atoms with Gasteiger partial charge in [0, 0.05) is 0 Å². The van der Waals surface area contributed by atoms with Crippen LogP contribution in [0.3, 0.4) is 0 Å². The SMILES string of the molecule is N#Cc1cccc(CC([NH])=O)c1. The number of nitrogens with zero attached hydrogens (tertiary/aromatic N) is 1. The predicted octanol–water partition coefficient (Wildman–Crippen LogP) is 0.910. The van der Waals surface area contributed by atoms with E-state index in [0.717, 1.165) is 0 Å². The monoisotopic (exact) mass is 159 g/mol. The van der Waals surface area contributed by atoms with E-state index in [9.17, 15) is 4.79 Å². The molecule has 0 aliphatic carbocycles. The lowest BCUT2D eigenvalue weighted by Crippen LogP contribution is -2.02. The molecule has 1 amide bonds. The van der Waals surface area contributed by atoms with Crippen molar-refractivity contribution >= 4 is 5.91 Å². The average Bonchev–Trinajstić information content (AvgIpc) is 2.03.